The lowest BCUT2D eigenvalue weighted by Crippen LogP contribution is -2.18. The van der Waals surface area contributed by atoms with E-state index in [2.05, 4.69) is 36.7 Å². The van der Waals surface area contributed by atoms with Gasteiger partial charge in [0.15, 0.2) is 5.69 Å². The maximum Gasteiger partial charge on any atom is 0.379 e. The van der Waals surface area contributed by atoms with Crippen LogP contribution in [-0.4, -0.2) is 28.3 Å². The van der Waals surface area contributed by atoms with Crippen molar-refractivity contribution in [2.45, 2.75) is 6.92 Å². The predicted molar refractivity (Wildman–Crippen MR) is 96.2 cm³/mol. The van der Waals surface area contributed by atoms with Gasteiger partial charge in [0.1, 0.15) is 5.75 Å². The van der Waals surface area contributed by atoms with Gasteiger partial charge in [0.05, 0.1) is 12.5 Å². The lowest BCUT2D eigenvalue weighted by Gasteiger charge is -2.06. The molecule has 1 amide bonds. The van der Waals surface area contributed by atoms with Crippen LogP contribution in [-0.2, 0) is 0 Å². The molecule has 8 nitrogen and oxygen atoms in total. The second kappa shape index (κ2) is 7.79. The van der Waals surface area contributed by atoms with Crippen LogP contribution in [0.2, 0.25) is 0 Å². The van der Waals surface area contributed by atoms with E-state index in [9.17, 15) is 9.59 Å². The summed E-state index contributed by atoms with van der Waals surface area (Å²) < 4.78 is 11.1. The summed E-state index contributed by atoms with van der Waals surface area (Å²) >= 11 is 3.34. The van der Waals surface area contributed by atoms with E-state index in [1.165, 1.54) is 18.5 Å². The molecule has 0 bridgehead atoms. The van der Waals surface area contributed by atoms with Gasteiger partial charge in [-0.3, -0.25) is 9.89 Å². The second-order valence-corrected chi connectivity index (χ2v) is 6.10. The van der Waals surface area contributed by atoms with Gasteiger partial charge in [0, 0.05) is 15.7 Å². The fourth-order valence-corrected chi connectivity index (χ4v) is 2.39. The summed E-state index contributed by atoms with van der Waals surface area (Å²) in [5, 5.41) is 10.4. The Bertz CT molecular complexity index is 963. The van der Waals surface area contributed by atoms with Crippen molar-refractivity contribution >= 4 is 34.0 Å². The largest absolute Gasteiger partial charge is 0.457 e. The maximum atomic E-state index is 12.0. The number of nitrogens with zero attached hydrogens (tertiary/aromatic N) is 2. The van der Waals surface area contributed by atoms with Crippen LogP contribution < -0.4 is 10.2 Å². The number of aromatic amines is 1. The van der Waals surface area contributed by atoms with Gasteiger partial charge in [-0.15, -0.1) is 0 Å². The number of nitrogens with one attached hydrogen (secondary N) is 2. The fraction of sp³-hybridized carbons (Fsp3) is 0.0588. The lowest BCUT2D eigenvalue weighted by atomic mass is 10.2. The number of hydrazone groups is 1. The van der Waals surface area contributed by atoms with Crippen LogP contribution >= 0.6 is 15.9 Å². The van der Waals surface area contributed by atoms with Crippen LogP contribution in [0, 0.1) is 6.92 Å². The number of ether oxygens (including phenoxy) is 1. The molecule has 0 unspecified atom stereocenters. The van der Waals surface area contributed by atoms with Gasteiger partial charge in [-0.25, -0.2) is 10.2 Å². The summed E-state index contributed by atoms with van der Waals surface area (Å²) in [6.07, 6.45) is 2.75. The molecule has 0 aliphatic rings. The van der Waals surface area contributed by atoms with Gasteiger partial charge in [-0.05, 0) is 43.3 Å². The molecule has 0 spiro atoms. The van der Waals surface area contributed by atoms with E-state index < -0.39 is 11.9 Å². The molecule has 9 heteroatoms. The van der Waals surface area contributed by atoms with Crippen molar-refractivity contribution in [2.24, 2.45) is 5.10 Å². The van der Waals surface area contributed by atoms with Crippen LogP contribution in [0.5, 0.6) is 5.75 Å². The quantitative estimate of drug-likeness (QED) is 0.287. The Morgan fingerprint density at radius 2 is 2.19 bits per heavy atom. The van der Waals surface area contributed by atoms with Crippen molar-refractivity contribution in [1.82, 2.24) is 15.6 Å². The minimum atomic E-state index is -0.636. The zero-order valence-electron chi connectivity index (χ0n) is 13.5. The highest BCUT2D eigenvalue weighted by molar-refractivity contribution is 9.10. The summed E-state index contributed by atoms with van der Waals surface area (Å²) in [5.74, 6) is -0.751. The molecule has 0 saturated heterocycles. The lowest BCUT2D eigenvalue weighted by molar-refractivity contribution is 0.0700. The summed E-state index contributed by atoms with van der Waals surface area (Å²) in [7, 11) is 0. The molecule has 3 aromatic rings. The van der Waals surface area contributed by atoms with Gasteiger partial charge in [-0.1, -0.05) is 15.9 Å². The van der Waals surface area contributed by atoms with Crippen LogP contribution in [0.3, 0.4) is 0 Å². The fourth-order valence-electron chi connectivity index (χ4n) is 2.01. The topological polar surface area (TPSA) is 110 Å². The molecule has 2 aromatic heterocycles. The first-order valence-electron chi connectivity index (χ1n) is 7.43. The number of furan rings is 1. The standard InChI is InChI=1S/C17H13BrN4O4/c1-10-7-13(21-20-10)16(23)22-19-9-11-8-12(18)4-5-14(11)26-17(24)15-3-2-6-25-15/h2-9H,1H3,(H,20,21)(H,22,23). The third kappa shape index (κ3) is 4.25. The molecule has 0 saturated carbocycles. The summed E-state index contributed by atoms with van der Waals surface area (Å²) in [4.78, 5) is 23.9. The Balaban J connectivity index is 1.73. The van der Waals surface area contributed by atoms with Gasteiger partial charge >= 0.3 is 5.97 Å². The minimum absolute atomic E-state index is 0.0815. The second-order valence-electron chi connectivity index (χ2n) is 5.18. The number of amides is 1. The number of carbonyl (C=O) groups is 2. The Labute approximate surface area is 156 Å². The van der Waals surface area contributed by atoms with Gasteiger partial charge in [0.2, 0.25) is 5.76 Å². The van der Waals surface area contributed by atoms with Crippen molar-refractivity contribution in [3.05, 3.63) is 69.8 Å². The van der Waals surface area contributed by atoms with Gasteiger partial charge in [0.25, 0.3) is 5.91 Å². The van der Waals surface area contributed by atoms with Crippen molar-refractivity contribution < 1.29 is 18.7 Å². The number of hydrogen-bond acceptors (Lipinski definition) is 6. The molecular formula is C17H13BrN4O4. The van der Waals surface area contributed by atoms with Crippen molar-refractivity contribution in [2.75, 3.05) is 0 Å². The van der Waals surface area contributed by atoms with Crippen molar-refractivity contribution in [1.29, 1.82) is 0 Å². The Hall–Kier alpha value is -3.20. The SMILES string of the molecule is Cc1cc(C(=O)NN=Cc2cc(Br)ccc2OC(=O)c2ccco2)n[nH]1. The number of aromatic nitrogens is 2. The number of hydrogen-bond donors (Lipinski definition) is 2. The maximum absolute atomic E-state index is 12.0. The predicted octanol–water partition coefficient (Wildman–Crippen LogP) is 3.06. The highest BCUT2D eigenvalue weighted by Crippen LogP contribution is 2.23. The molecule has 3 rings (SSSR count). The molecule has 132 valence electrons. The molecule has 0 aliphatic carbocycles. The first-order chi connectivity index (χ1) is 12.5. The van der Waals surface area contributed by atoms with Gasteiger partial charge < -0.3 is 9.15 Å². The number of carbonyl (C=O) groups excluding carboxylic acids is 2. The summed E-state index contributed by atoms with van der Waals surface area (Å²) in [6.45, 7) is 1.79. The number of aryl methyl sites for hydroxylation is 1. The number of H-pyrrole nitrogens is 1. The number of rotatable bonds is 5. The van der Waals surface area contributed by atoms with Crippen LogP contribution in [0.25, 0.3) is 0 Å². The highest BCUT2D eigenvalue weighted by atomic mass is 79.9. The average molecular weight is 417 g/mol. The normalized spacial score (nSPS) is 10.8. The van der Waals surface area contributed by atoms with Crippen LogP contribution in [0.1, 0.15) is 32.3 Å². The summed E-state index contributed by atoms with van der Waals surface area (Å²) in [5.41, 5.74) is 3.83. The van der Waals surface area contributed by atoms with Gasteiger partial charge in [-0.2, -0.15) is 10.2 Å². The molecule has 0 radical (unpaired) electrons. The number of esters is 1. The molecule has 26 heavy (non-hydrogen) atoms. The highest BCUT2D eigenvalue weighted by Gasteiger charge is 2.14. The molecule has 0 aliphatic heterocycles. The Morgan fingerprint density at radius 3 is 2.88 bits per heavy atom. The molecule has 0 atom stereocenters. The minimum Gasteiger partial charge on any atom is -0.457 e. The molecule has 2 N–H and O–H groups in total. The first-order valence-corrected chi connectivity index (χ1v) is 8.23. The third-order valence-corrected chi connectivity index (χ3v) is 3.70. The monoisotopic (exact) mass is 416 g/mol. The van der Waals surface area contributed by atoms with Crippen molar-refractivity contribution in [3.8, 4) is 5.75 Å². The van der Waals surface area contributed by atoms with E-state index in [0.29, 0.717) is 5.56 Å². The molecule has 0 fully saturated rings. The van der Waals surface area contributed by atoms with E-state index in [0.717, 1.165) is 10.2 Å². The number of halogens is 1. The van der Waals surface area contributed by atoms with Crippen molar-refractivity contribution in [3.63, 3.8) is 0 Å². The first kappa shape index (κ1) is 17.6. The number of benzene rings is 1. The molecule has 2 heterocycles. The Kier molecular flexibility index (Phi) is 5.28. The molecular weight excluding hydrogens is 404 g/mol. The average Bonchev–Trinajstić information content (AvgIpc) is 3.28. The smallest absolute Gasteiger partial charge is 0.379 e. The van der Waals surface area contributed by atoms with E-state index in [1.807, 2.05) is 0 Å². The zero-order chi connectivity index (χ0) is 18.5. The third-order valence-electron chi connectivity index (χ3n) is 3.21. The van der Waals surface area contributed by atoms with Crippen LogP contribution in [0.4, 0.5) is 0 Å². The Morgan fingerprint density at radius 1 is 1.35 bits per heavy atom. The zero-order valence-corrected chi connectivity index (χ0v) is 15.1. The molecule has 1 aromatic carbocycles. The van der Waals surface area contributed by atoms with E-state index in [-0.39, 0.29) is 17.2 Å². The summed E-state index contributed by atoms with van der Waals surface area (Å²) in [6, 6.07) is 9.70. The van der Waals surface area contributed by atoms with E-state index in [1.54, 1.807) is 37.3 Å². The van der Waals surface area contributed by atoms with E-state index in [4.69, 9.17) is 9.15 Å². The van der Waals surface area contributed by atoms with E-state index >= 15 is 0 Å². The van der Waals surface area contributed by atoms with Crippen LogP contribution in [0.15, 0.2) is 56.7 Å².